The highest BCUT2D eigenvalue weighted by Gasteiger charge is 2.34. The predicted octanol–water partition coefficient (Wildman–Crippen LogP) is 2.71. The van der Waals surface area contributed by atoms with Crippen LogP contribution in [0.5, 0.6) is 0 Å². The molecule has 1 heterocycles. The van der Waals surface area contributed by atoms with Crippen LogP contribution in [-0.4, -0.2) is 42.9 Å². The van der Waals surface area contributed by atoms with Crippen LogP contribution in [0.2, 0.25) is 0 Å². The van der Waals surface area contributed by atoms with Gasteiger partial charge >= 0.3 is 0 Å². The van der Waals surface area contributed by atoms with Crippen LogP contribution in [0.3, 0.4) is 0 Å². The Morgan fingerprint density at radius 3 is 2.62 bits per heavy atom. The van der Waals surface area contributed by atoms with E-state index < -0.39 is 0 Å². The lowest BCUT2D eigenvalue weighted by molar-refractivity contribution is -0.130. The van der Waals surface area contributed by atoms with Gasteiger partial charge in [-0.1, -0.05) is 37.6 Å². The van der Waals surface area contributed by atoms with Gasteiger partial charge in [0.15, 0.2) is 5.96 Å². The maximum absolute atomic E-state index is 12.6. The van der Waals surface area contributed by atoms with Gasteiger partial charge in [-0.2, -0.15) is 0 Å². The third-order valence-electron chi connectivity index (χ3n) is 6.00. The Balaban J connectivity index is 1.54. The van der Waals surface area contributed by atoms with Crippen LogP contribution in [0.1, 0.15) is 50.7 Å². The molecular formula is C21H32N4O. The first-order chi connectivity index (χ1) is 12.7. The summed E-state index contributed by atoms with van der Waals surface area (Å²) in [5.74, 6) is 0.864. The van der Waals surface area contributed by atoms with Crippen molar-refractivity contribution in [3.63, 3.8) is 0 Å². The van der Waals surface area contributed by atoms with Gasteiger partial charge in [0.25, 0.3) is 0 Å². The Morgan fingerprint density at radius 1 is 1.19 bits per heavy atom. The topological polar surface area (TPSA) is 56.7 Å². The Hall–Kier alpha value is -2.04. The molecule has 1 aliphatic carbocycles. The second-order valence-electron chi connectivity index (χ2n) is 7.59. The normalized spacial score (nSPS) is 18.7. The summed E-state index contributed by atoms with van der Waals surface area (Å²) in [5, 5.41) is 6.73. The number of hydrogen-bond donors (Lipinski definition) is 2. The number of nitrogens with one attached hydrogen (secondary N) is 2. The summed E-state index contributed by atoms with van der Waals surface area (Å²) in [7, 11) is 0. The number of rotatable bonds is 6. The Kier molecular flexibility index (Phi) is 6.17. The molecule has 2 N–H and O–H groups in total. The fraction of sp³-hybridized carbons (Fsp3) is 0.619. The smallest absolute Gasteiger partial charge is 0.244 e. The van der Waals surface area contributed by atoms with E-state index in [-0.39, 0.29) is 12.5 Å². The van der Waals surface area contributed by atoms with Gasteiger partial charge in [0.1, 0.15) is 6.54 Å². The number of aliphatic imine (C=N–C) groups is 1. The first-order valence-electron chi connectivity index (χ1n) is 10.0. The molecule has 142 valence electrons. The Bertz CT molecular complexity index is 646. The van der Waals surface area contributed by atoms with Crippen molar-refractivity contribution >= 4 is 11.9 Å². The van der Waals surface area contributed by atoms with Crippen molar-refractivity contribution in [2.75, 3.05) is 26.2 Å². The second-order valence-corrected chi connectivity index (χ2v) is 7.59. The quantitative estimate of drug-likeness (QED) is 0.609. The van der Waals surface area contributed by atoms with Gasteiger partial charge < -0.3 is 15.5 Å². The van der Waals surface area contributed by atoms with E-state index in [0.29, 0.717) is 12.0 Å². The number of amides is 1. The molecular weight excluding hydrogens is 324 g/mol. The van der Waals surface area contributed by atoms with Gasteiger partial charge in [-0.15, -0.1) is 0 Å². The minimum atomic E-state index is 0.102. The van der Waals surface area contributed by atoms with Crippen LogP contribution in [0.25, 0.3) is 0 Å². The molecule has 3 rings (SSSR count). The minimum Gasteiger partial charge on any atom is -0.357 e. The number of fused-ring (bicyclic) bond motifs is 1. The maximum atomic E-state index is 12.6. The number of hydrogen-bond acceptors (Lipinski definition) is 2. The molecule has 0 radical (unpaired) electrons. The third kappa shape index (κ3) is 4.37. The van der Waals surface area contributed by atoms with Gasteiger partial charge in [0.2, 0.25) is 5.91 Å². The van der Waals surface area contributed by atoms with Crippen molar-refractivity contribution < 1.29 is 4.79 Å². The number of carbonyl (C=O) groups excluding carboxylic acids is 1. The summed E-state index contributed by atoms with van der Waals surface area (Å²) in [4.78, 5) is 19.1. The SMILES string of the molecule is CCNC(=NCC(=O)N1CCc2ccccc2C1)NCC1(CC)CCC1. The molecule has 0 saturated heterocycles. The summed E-state index contributed by atoms with van der Waals surface area (Å²) < 4.78 is 0. The summed E-state index contributed by atoms with van der Waals surface area (Å²) >= 11 is 0. The van der Waals surface area contributed by atoms with E-state index in [0.717, 1.165) is 32.0 Å². The van der Waals surface area contributed by atoms with Crippen molar-refractivity contribution in [3.05, 3.63) is 35.4 Å². The molecule has 1 amide bonds. The molecule has 1 aliphatic heterocycles. The zero-order valence-electron chi connectivity index (χ0n) is 16.2. The van der Waals surface area contributed by atoms with E-state index in [4.69, 9.17) is 0 Å². The highest BCUT2D eigenvalue weighted by molar-refractivity contribution is 5.85. The maximum Gasteiger partial charge on any atom is 0.244 e. The van der Waals surface area contributed by atoms with Crippen LogP contribution in [0.4, 0.5) is 0 Å². The van der Waals surface area contributed by atoms with E-state index in [1.165, 1.54) is 36.8 Å². The van der Waals surface area contributed by atoms with E-state index in [1.807, 2.05) is 11.0 Å². The summed E-state index contributed by atoms with van der Waals surface area (Å²) in [6.07, 6.45) is 6.05. The van der Waals surface area contributed by atoms with Crippen LogP contribution < -0.4 is 10.6 Å². The molecule has 0 aromatic heterocycles. The average molecular weight is 357 g/mol. The van der Waals surface area contributed by atoms with Gasteiger partial charge in [-0.05, 0) is 49.1 Å². The van der Waals surface area contributed by atoms with Crippen LogP contribution >= 0.6 is 0 Å². The molecule has 1 aromatic carbocycles. The van der Waals surface area contributed by atoms with Crippen LogP contribution in [0.15, 0.2) is 29.3 Å². The van der Waals surface area contributed by atoms with Gasteiger partial charge in [0.05, 0.1) is 0 Å². The lowest BCUT2D eigenvalue weighted by Gasteiger charge is -2.41. The zero-order valence-corrected chi connectivity index (χ0v) is 16.2. The minimum absolute atomic E-state index is 0.102. The first kappa shape index (κ1) is 18.7. The molecule has 0 atom stereocenters. The van der Waals surface area contributed by atoms with E-state index in [9.17, 15) is 4.79 Å². The van der Waals surface area contributed by atoms with Gasteiger partial charge in [-0.25, -0.2) is 4.99 Å². The van der Waals surface area contributed by atoms with Crippen molar-refractivity contribution in [2.24, 2.45) is 10.4 Å². The van der Waals surface area contributed by atoms with Crippen molar-refractivity contribution in [1.29, 1.82) is 0 Å². The fourth-order valence-corrected chi connectivity index (χ4v) is 3.90. The van der Waals surface area contributed by atoms with Crippen molar-refractivity contribution in [2.45, 2.75) is 52.5 Å². The van der Waals surface area contributed by atoms with E-state index in [1.54, 1.807) is 0 Å². The van der Waals surface area contributed by atoms with E-state index >= 15 is 0 Å². The van der Waals surface area contributed by atoms with Crippen LogP contribution in [0, 0.1) is 5.41 Å². The van der Waals surface area contributed by atoms with Gasteiger partial charge in [0, 0.05) is 26.2 Å². The highest BCUT2D eigenvalue weighted by Crippen LogP contribution is 2.42. The lowest BCUT2D eigenvalue weighted by atomic mass is 9.67. The summed E-state index contributed by atoms with van der Waals surface area (Å²) in [6, 6.07) is 8.39. The van der Waals surface area contributed by atoms with Crippen molar-refractivity contribution in [1.82, 2.24) is 15.5 Å². The van der Waals surface area contributed by atoms with Crippen LogP contribution in [-0.2, 0) is 17.8 Å². The van der Waals surface area contributed by atoms with E-state index in [2.05, 4.69) is 47.7 Å². The number of guanidine groups is 1. The third-order valence-corrected chi connectivity index (χ3v) is 6.00. The summed E-state index contributed by atoms with van der Waals surface area (Å²) in [5.41, 5.74) is 3.05. The zero-order chi connectivity index (χ0) is 18.4. The number of benzene rings is 1. The molecule has 1 saturated carbocycles. The standard InChI is InChI=1S/C21H32N4O/c1-3-21(11-7-12-21)16-24-20(22-4-2)23-14-19(26)25-13-10-17-8-5-6-9-18(17)15-25/h5-6,8-9H,3-4,7,10-16H2,1-2H3,(H2,22,23,24). The molecule has 0 bridgehead atoms. The molecule has 1 fully saturated rings. The predicted molar refractivity (Wildman–Crippen MR) is 106 cm³/mol. The number of nitrogens with zero attached hydrogens (tertiary/aromatic N) is 2. The van der Waals surface area contributed by atoms with Crippen molar-refractivity contribution in [3.8, 4) is 0 Å². The lowest BCUT2D eigenvalue weighted by Crippen LogP contribution is -2.46. The molecule has 0 spiro atoms. The summed E-state index contributed by atoms with van der Waals surface area (Å²) in [6.45, 7) is 7.76. The highest BCUT2D eigenvalue weighted by atomic mass is 16.2. The second kappa shape index (κ2) is 8.56. The molecule has 1 aromatic rings. The van der Waals surface area contributed by atoms with Gasteiger partial charge in [-0.3, -0.25) is 4.79 Å². The number of carbonyl (C=O) groups is 1. The molecule has 5 heteroatoms. The monoisotopic (exact) mass is 356 g/mol. The molecule has 5 nitrogen and oxygen atoms in total. The largest absolute Gasteiger partial charge is 0.357 e. The molecule has 2 aliphatic rings. The molecule has 0 unspecified atom stereocenters. The first-order valence-corrected chi connectivity index (χ1v) is 10.0. The Labute approximate surface area is 157 Å². The molecule has 26 heavy (non-hydrogen) atoms. The fourth-order valence-electron chi connectivity index (χ4n) is 3.90. The Morgan fingerprint density at radius 2 is 1.96 bits per heavy atom. The average Bonchev–Trinajstić information content (AvgIpc) is 2.64.